The van der Waals surface area contributed by atoms with E-state index in [1.165, 1.54) is 7.11 Å². The van der Waals surface area contributed by atoms with Crippen molar-refractivity contribution in [3.63, 3.8) is 0 Å². The van der Waals surface area contributed by atoms with E-state index in [9.17, 15) is 4.79 Å². The Bertz CT molecular complexity index is 533. The summed E-state index contributed by atoms with van der Waals surface area (Å²) in [6, 6.07) is 11.0. The number of benzene rings is 1. The Morgan fingerprint density at radius 2 is 1.94 bits per heavy atom. The van der Waals surface area contributed by atoms with Gasteiger partial charge in [0.25, 0.3) is 0 Å². The van der Waals surface area contributed by atoms with E-state index >= 15 is 0 Å². The molecule has 1 aromatic carbocycles. The largest absolute Gasteiger partial charge is 0.465 e. The highest BCUT2D eigenvalue weighted by Crippen LogP contribution is 2.18. The number of nitrogens with zero attached hydrogens (tertiary/aromatic N) is 1. The molecular weight excluding hydrogens is 228 g/mol. The van der Waals surface area contributed by atoms with Crippen molar-refractivity contribution in [1.82, 2.24) is 4.98 Å². The van der Waals surface area contributed by atoms with E-state index in [1.807, 2.05) is 24.3 Å². The second-order valence-corrected chi connectivity index (χ2v) is 3.82. The molecule has 0 unspecified atom stereocenters. The lowest BCUT2D eigenvalue weighted by Gasteiger charge is -2.03. The predicted octanol–water partition coefficient (Wildman–Crippen LogP) is 1.99. The Balaban J connectivity index is 2.25. The van der Waals surface area contributed by atoms with Gasteiger partial charge >= 0.3 is 5.97 Å². The van der Waals surface area contributed by atoms with Crippen molar-refractivity contribution in [2.75, 3.05) is 7.11 Å². The van der Waals surface area contributed by atoms with Crippen LogP contribution in [-0.2, 0) is 11.3 Å². The number of nitrogens with two attached hydrogens (primary N) is 1. The molecule has 0 saturated carbocycles. The Morgan fingerprint density at radius 3 is 2.44 bits per heavy atom. The summed E-state index contributed by atoms with van der Waals surface area (Å²) in [5.41, 5.74) is 8.83. The van der Waals surface area contributed by atoms with Gasteiger partial charge in [0.15, 0.2) is 0 Å². The lowest BCUT2D eigenvalue weighted by molar-refractivity contribution is 0.0601. The summed E-state index contributed by atoms with van der Waals surface area (Å²) in [4.78, 5) is 15.6. The van der Waals surface area contributed by atoms with Crippen molar-refractivity contribution in [3.05, 3.63) is 53.7 Å². The second kappa shape index (κ2) is 5.42. The SMILES string of the molecule is COC(=O)c1ccc(-c2ccc(CN)cn2)cc1. The van der Waals surface area contributed by atoms with Gasteiger partial charge in [-0.2, -0.15) is 0 Å². The van der Waals surface area contributed by atoms with Gasteiger partial charge in [-0.05, 0) is 23.8 Å². The first-order chi connectivity index (χ1) is 8.74. The zero-order chi connectivity index (χ0) is 13.0. The van der Waals surface area contributed by atoms with Crippen LogP contribution in [0.2, 0.25) is 0 Å². The average molecular weight is 242 g/mol. The Morgan fingerprint density at radius 1 is 1.22 bits per heavy atom. The van der Waals surface area contributed by atoms with Crippen molar-refractivity contribution in [2.24, 2.45) is 5.73 Å². The van der Waals surface area contributed by atoms with Crippen LogP contribution in [0, 0.1) is 0 Å². The fourth-order valence-electron chi connectivity index (χ4n) is 1.61. The molecule has 0 aliphatic carbocycles. The number of hydrogen-bond acceptors (Lipinski definition) is 4. The molecule has 4 heteroatoms. The van der Waals surface area contributed by atoms with Crippen LogP contribution >= 0.6 is 0 Å². The molecule has 2 N–H and O–H groups in total. The van der Waals surface area contributed by atoms with E-state index in [0.717, 1.165) is 16.8 Å². The highest BCUT2D eigenvalue weighted by atomic mass is 16.5. The Kier molecular flexibility index (Phi) is 3.69. The molecule has 92 valence electrons. The monoisotopic (exact) mass is 242 g/mol. The fraction of sp³-hybridized carbons (Fsp3) is 0.143. The van der Waals surface area contributed by atoms with Gasteiger partial charge in [-0.3, -0.25) is 4.98 Å². The zero-order valence-electron chi connectivity index (χ0n) is 10.1. The predicted molar refractivity (Wildman–Crippen MR) is 68.9 cm³/mol. The minimum Gasteiger partial charge on any atom is -0.465 e. The van der Waals surface area contributed by atoms with Crippen molar-refractivity contribution in [3.8, 4) is 11.3 Å². The fourth-order valence-corrected chi connectivity index (χ4v) is 1.61. The lowest BCUT2D eigenvalue weighted by atomic mass is 10.1. The first-order valence-electron chi connectivity index (χ1n) is 5.58. The van der Waals surface area contributed by atoms with Crippen molar-refractivity contribution >= 4 is 5.97 Å². The van der Waals surface area contributed by atoms with Gasteiger partial charge < -0.3 is 10.5 Å². The maximum atomic E-state index is 11.3. The summed E-state index contributed by atoms with van der Waals surface area (Å²) in [5.74, 6) is -0.340. The summed E-state index contributed by atoms with van der Waals surface area (Å²) in [5, 5.41) is 0. The lowest BCUT2D eigenvalue weighted by Crippen LogP contribution is -2.00. The van der Waals surface area contributed by atoms with E-state index in [-0.39, 0.29) is 5.97 Å². The van der Waals surface area contributed by atoms with E-state index in [4.69, 9.17) is 5.73 Å². The Labute approximate surface area is 105 Å². The number of ether oxygens (including phenoxy) is 1. The number of methoxy groups -OCH3 is 1. The smallest absolute Gasteiger partial charge is 0.337 e. The van der Waals surface area contributed by atoms with E-state index < -0.39 is 0 Å². The van der Waals surface area contributed by atoms with Crippen LogP contribution in [0.4, 0.5) is 0 Å². The molecule has 0 aliphatic rings. The minimum atomic E-state index is -0.340. The summed E-state index contributed by atoms with van der Waals surface area (Å²) in [6.07, 6.45) is 1.75. The van der Waals surface area contributed by atoms with Crippen LogP contribution in [0.3, 0.4) is 0 Å². The number of carbonyl (C=O) groups excluding carboxylic acids is 1. The summed E-state index contributed by atoms with van der Waals surface area (Å²) < 4.78 is 4.64. The third kappa shape index (κ3) is 2.55. The van der Waals surface area contributed by atoms with Crippen LogP contribution in [0.1, 0.15) is 15.9 Å². The molecule has 2 rings (SSSR count). The molecule has 4 nitrogen and oxygen atoms in total. The van der Waals surface area contributed by atoms with Crippen LogP contribution in [0.15, 0.2) is 42.6 Å². The third-order valence-electron chi connectivity index (χ3n) is 2.66. The number of aromatic nitrogens is 1. The van der Waals surface area contributed by atoms with Gasteiger partial charge in [-0.25, -0.2) is 4.79 Å². The van der Waals surface area contributed by atoms with Crippen LogP contribution < -0.4 is 5.73 Å². The van der Waals surface area contributed by atoms with Crippen LogP contribution in [-0.4, -0.2) is 18.1 Å². The standard InChI is InChI=1S/C14H14N2O2/c1-18-14(17)12-5-3-11(4-6-12)13-7-2-10(8-15)9-16-13/h2-7,9H,8,15H2,1H3. The normalized spacial score (nSPS) is 10.1. The maximum Gasteiger partial charge on any atom is 0.337 e. The van der Waals surface area contributed by atoms with Gasteiger partial charge in [0, 0.05) is 18.3 Å². The van der Waals surface area contributed by atoms with E-state index in [2.05, 4.69) is 9.72 Å². The number of pyridine rings is 1. The van der Waals surface area contributed by atoms with Gasteiger partial charge in [0.1, 0.15) is 0 Å². The molecule has 0 saturated heterocycles. The minimum absolute atomic E-state index is 0.340. The molecule has 0 amide bonds. The summed E-state index contributed by atoms with van der Waals surface area (Å²) >= 11 is 0. The Hall–Kier alpha value is -2.20. The third-order valence-corrected chi connectivity index (χ3v) is 2.66. The molecule has 18 heavy (non-hydrogen) atoms. The van der Waals surface area contributed by atoms with Crippen molar-refractivity contribution < 1.29 is 9.53 Å². The maximum absolute atomic E-state index is 11.3. The van der Waals surface area contributed by atoms with Crippen molar-refractivity contribution in [1.29, 1.82) is 0 Å². The molecule has 0 aliphatic heterocycles. The highest BCUT2D eigenvalue weighted by Gasteiger charge is 2.05. The first-order valence-corrected chi connectivity index (χ1v) is 5.58. The molecule has 0 spiro atoms. The number of hydrogen-bond donors (Lipinski definition) is 1. The molecule has 2 aromatic rings. The van der Waals surface area contributed by atoms with Gasteiger partial charge in [0.2, 0.25) is 0 Å². The van der Waals surface area contributed by atoms with Gasteiger partial charge in [-0.15, -0.1) is 0 Å². The second-order valence-electron chi connectivity index (χ2n) is 3.82. The summed E-state index contributed by atoms with van der Waals surface area (Å²) in [6.45, 7) is 0.481. The zero-order valence-corrected chi connectivity index (χ0v) is 10.1. The van der Waals surface area contributed by atoms with E-state index in [0.29, 0.717) is 12.1 Å². The summed E-state index contributed by atoms with van der Waals surface area (Å²) in [7, 11) is 1.36. The molecule has 1 aromatic heterocycles. The molecule has 0 atom stereocenters. The molecule has 0 bridgehead atoms. The van der Waals surface area contributed by atoms with Crippen molar-refractivity contribution in [2.45, 2.75) is 6.54 Å². The van der Waals surface area contributed by atoms with Crippen LogP contribution in [0.5, 0.6) is 0 Å². The highest BCUT2D eigenvalue weighted by molar-refractivity contribution is 5.89. The number of carbonyl (C=O) groups is 1. The molecule has 0 fully saturated rings. The average Bonchev–Trinajstić information content (AvgIpc) is 2.47. The molecule has 1 heterocycles. The molecule has 0 radical (unpaired) electrons. The number of esters is 1. The van der Waals surface area contributed by atoms with E-state index in [1.54, 1.807) is 18.3 Å². The van der Waals surface area contributed by atoms with Gasteiger partial charge in [0.05, 0.1) is 18.4 Å². The van der Waals surface area contributed by atoms with Gasteiger partial charge in [-0.1, -0.05) is 18.2 Å². The topological polar surface area (TPSA) is 65.2 Å². The first kappa shape index (κ1) is 12.3. The van der Waals surface area contributed by atoms with Crippen LogP contribution in [0.25, 0.3) is 11.3 Å². The molecular formula is C14H14N2O2. The number of rotatable bonds is 3. The quantitative estimate of drug-likeness (QED) is 0.836.